The zero-order chi connectivity index (χ0) is 14.6. The Morgan fingerprint density at radius 2 is 2.25 bits per heavy atom. The Morgan fingerprint density at radius 3 is 2.95 bits per heavy atom. The molecule has 0 aromatic carbocycles. The lowest BCUT2D eigenvalue weighted by molar-refractivity contribution is 0.315. The van der Waals surface area contributed by atoms with Crippen molar-refractivity contribution in [2.24, 2.45) is 5.84 Å². The molecule has 1 aliphatic heterocycles. The fraction of sp³-hybridized carbons (Fsp3) is 0.615. The van der Waals surface area contributed by atoms with Crippen LogP contribution in [-0.4, -0.2) is 30.3 Å². The molecule has 112 valence electrons. The highest BCUT2D eigenvalue weighted by molar-refractivity contribution is 7.89. The molecule has 1 atom stereocenters. The van der Waals surface area contributed by atoms with Crippen molar-refractivity contribution in [1.29, 1.82) is 0 Å². The monoisotopic (exact) mass is 298 g/mol. The molecule has 1 aromatic rings. The number of hydrogen-bond acceptors (Lipinski definition) is 5. The number of pyridine rings is 1. The van der Waals surface area contributed by atoms with E-state index in [0.717, 1.165) is 32.1 Å². The number of nitrogens with two attached hydrogens (primary N) is 1. The van der Waals surface area contributed by atoms with E-state index in [2.05, 4.69) is 10.4 Å². The summed E-state index contributed by atoms with van der Waals surface area (Å²) in [6.45, 7) is 2.63. The van der Waals surface area contributed by atoms with Crippen LogP contribution in [0.4, 0.5) is 5.82 Å². The summed E-state index contributed by atoms with van der Waals surface area (Å²) in [5.74, 6) is 5.65. The third kappa shape index (κ3) is 3.11. The number of hydrogen-bond donors (Lipinski definition) is 2. The summed E-state index contributed by atoms with van der Waals surface area (Å²) >= 11 is 0. The van der Waals surface area contributed by atoms with Gasteiger partial charge in [-0.15, -0.1) is 0 Å². The first-order chi connectivity index (χ1) is 9.59. The summed E-state index contributed by atoms with van der Waals surface area (Å²) in [7, 11) is -3.48. The van der Waals surface area contributed by atoms with Gasteiger partial charge in [0, 0.05) is 24.8 Å². The minimum Gasteiger partial charge on any atom is -0.308 e. The van der Waals surface area contributed by atoms with Gasteiger partial charge in [-0.05, 0) is 25.3 Å². The molecule has 7 heteroatoms. The number of rotatable bonds is 4. The number of hydrazine groups is 1. The Hall–Kier alpha value is -1.18. The molecule has 0 radical (unpaired) electrons. The molecule has 0 spiro atoms. The highest BCUT2D eigenvalue weighted by Crippen LogP contribution is 2.26. The highest BCUT2D eigenvalue weighted by Gasteiger charge is 2.31. The number of sulfonamides is 1. The van der Waals surface area contributed by atoms with Gasteiger partial charge in [0.15, 0.2) is 0 Å². The fourth-order valence-electron chi connectivity index (χ4n) is 2.66. The molecule has 20 heavy (non-hydrogen) atoms. The largest absolute Gasteiger partial charge is 0.308 e. The van der Waals surface area contributed by atoms with Crippen molar-refractivity contribution in [2.75, 3.05) is 12.0 Å². The van der Waals surface area contributed by atoms with Crippen LogP contribution in [0.1, 0.15) is 39.0 Å². The molecular formula is C13H22N4O2S. The lowest BCUT2D eigenvalue weighted by Crippen LogP contribution is -2.39. The van der Waals surface area contributed by atoms with E-state index in [1.165, 1.54) is 18.3 Å². The van der Waals surface area contributed by atoms with E-state index in [4.69, 9.17) is 5.84 Å². The second-order valence-electron chi connectivity index (χ2n) is 5.05. The summed E-state index contributed by atoms with van der Waals surface area (Å²) in [6, 6.07) is 3.09. The number of nitrogens with one attached hydrogen (secondary N) is 1. The van der Waals surface area contributed by atoms with Gasteiger partial charge >= 0.3 is 0 Å². The molecule has 2 heterocycles. The van der Waals surface area contributed by atoms with Gasteiger partial charge in [-0.3, -0.25) is 0 Å². The van der Waals surface area contributed by atoms with Crippen molar-refractivity contribution in [3.05, 3.63) is 18.3 Å². The van der Waals surface area contributed by atoms with Crippen molar-refractivity contribution < 1.29 is 8.42 Å². The molecule has 1 unspecified atom stereocenters. The van der Waals surface area contributed by atoms with Crippen molar-refractivity contribution in [3.8, 4) is 0 Å². The Bertz CT molecular complexity index is 547. The Morgan fingerprint density at radius 1 is 1.45 bits per heavy atom. The van der Waals surface area contributed by atoms with Crippen LogP contribution in [0.25, 0.3) is 0 Å². The molecule has 0 saturated carbocycles. The smallest absolute Gasteiger partial charge is 0.243 e. The maximum absolute atomic E-state index is 12.8. The molecule has 1 fully saturated rings. The molecule has 0 bridgehead atoms. The number of aromatic nitrogens is 1. The maximum Gasteiger partial charge on any atom is 0.243 e. The van der Waals surface area contributed by atoms with Gasteiger partial charge in [0.25, 0.3) is 0 Å². The second-order valence-corrected chi connectivity index (χ2v) is 6.94. The van der Waals surface area contributed by atoms with Crippen LogP contribution in [0, 0.1) is 0 Å². The molecule has 0 amide bonds. The van der Waals surface area contributed by atoms with Crippen LogP contribution in [0.3, 0.4) is 0 Å². The minimum absolute atomic E-state index is 0.0879. The number of anilines is 1. The van der Waals surface area contributed by atoms with Crippen molar-refractivity contribution in [3.63, 3.8) is 0 Å². The third-order valence-electron chi connectivity index (χ3n) is 3.78. The van der Waals surface area contributed by atoms with Crippen LogP contribution in [-0.2, 0) is 10.0 Å². The minimum atomic E-state index is -3.48. The summed E-state index contributed by atoms with van der Waals surface area (Å²) in [6.07, 6.45) is 6.34. The Kier molecular flexibility index (Phi) is 4.95. The summed E-state index contributed by atoms with van der Waals surface area (Å²) < 4.78 is 27.3. The van der Waals surface area contributed by atoms with Crippen LogP contribution < -0.4 is 11.3 Å². The van der Waals surface area contributed by atoms with Crippen LogP contribution in [0.5, 0.6) is 0 Å². The molecule has 2 rings (SSSR count). The second kappa shape index (κ2) is 6.51. The summed E-state index contributed by atoms with van der Waals surface area (Å²) in [5.41, 5.74) is 2.39. The first kappa shape index (κ1) is 15.2. The molecule has 0 aliphatic carbocycles. The van der Waals surface area contributed by atoms with Gasteiger partial charge in [0.1, 0.15) is 5.82 Å². The van der Waals surface area contributed by atoms with Gasteiger partial charge < -0.3 is 5.43 Å². The van der Waals surface area contributed by atoms with Gasteiger partial charge in [0.2, 0.25) is 10.0 Å². The predicted molar refractivity (Wildman–Crippen MR) is 78.5 cm³/mol. The average molecular weight is 298 g/mol. The number of nitrogens with zero attached hydrogens (tertiary/aromatic N) is 2. The lowest BCUT2D eigenvalue weighted by atomic mass is 10.1. The van der Waals surface area contributed by atoms with Gasteiger partial charge in [0.05, 0.1) is 4.90 Å². The first-order valence-corrected chi connectivity index (χ1v) is 8.48. The van der Waals surface area contributed by atoms with E-state index in [0.29, 0.717) is 12.4 Å². The third-order valence-corrected chi connectivity index (χ3v) is 5.73. The molecule has 3 N–H and O–H groups in total. The van der Waals surface area contributed by atoms with E-state index in [1.54, 1.807) is 4.31 Å². The maximum atomic E-state index is 12.8. The quantitative estimate of drug-likeness (QED) is 0.652. The van der Waals surface area contributed by atoms with Crippen molar-refractivity contribution >= 4 is 15.8 Å². The van der Waals surface area contributed by atoms with E-state index in [1.807, 2.05) is 6.92 Å². The van der Waals surface area contributed by atoms with Crippen LogP contribution in [0.2, 0.25) is 0 Å². The van der Waals surface area contributed by atoms with Crippen LogP contribution in [0.15, 0.2) is 23.2 Å². The topological polar surface area (TPSA) is 88.3 Å². The zero-order valence-corrected chi connectivity index (χ0v) is 12.6. The van der Waals surface area contributed by atoms with E-state index < -0.39 is 10.0 Å². The van der Waals surface area contributed by atoms with Gasteiger partial charge in [-0.2, -0.15) is 4.31 Å². The molecule has 1 aliphatic rings. The molecule has 1 saturated heterocycles. The molecule has 6 nitrogen and oxygen atoms in total. The summed E-state index contributed by atoms with van der Waals surface area (Å²) in [5, 5.41) is 0. The average Bonchev–Trinajstić information content (AvgIpc) is 2.72. The van der Waals surface area contributed by atoms with E-state index >= 15 is 0 Å². The Labute approximate surface area is 120 Å². The predicted octanol–water partition coefficient (Wildman–Crippen LogP) is 1.71. The zero-order valence-electron chi connectivity index (χ0n) is 11.7. The normalized spacial score (nSPS) is 21.4. The SMILES string of the molecule is CCC1CCCCCN1S(=O)(=O)c1ccnc(NN)c1. The highest BCUT2D eigenvalue weighted by atomic mass is 32.2. The standard InChI is InChI=1S/C13H22N4O2S/c1-2-11-6-4-3-5-9-17(11)20(18,19)12-7-8-15-13(10-12)16-14/h7-8,10-11H,2-6,9,14H2,1H3,(H,15,16). The summed E-state index contributed by atoms with van der Waals surface area (Å²) in [4.78, 5) is 4.21. The number of nitrogen functional groups attached to an aromatic ring is 1. The lowest BCUT2D eigenvalue weighted by Gasteiger charge is -2.28. The van der Waals surface area contributed by atoms with Crippen LogP contribution >= 0.6 is 0 Å². The fourth-order valence-corrected chi connectivity index (χ4v) is 4.44. The first-order valence-electron chi connectivity index (χ1n) is 7.04. The van der Waals surface area contributed by atoms with E-state index in [-0.39, 0.29) is 10.9 Å². The van der Waals surface area contributed by atoms with E-state index in [9.17, 15) is 8.42 Å². The molecule has 1 aromatic heterocycles. The van der Waals surface area contributed by atoms with Crippen molar-refractivity contribution in [2.45, 2.75) is 50.0 Å². The van der Waals surface area contributed by atoms with Crippen molar-refractivity contribution in [1.82, 2.24) is 9.29 Å². The van der Waals surface area contributed by atoms with Gasteiger partial charge in [-0.1, -0.05) is 19.8 Å². The Balaban J connectivity index is 2.35. The molecular weight excluding hydrogens is 276 g/mol. The van der Waals surface area contributed by atoms with Gasteiger partial charge in [-0.25, -0.2) is 19.2 Å².